The predicted molar refractivity (Wildman–Crippen MR) is 103 cm³/mol. The van der Waals surface area contributed by atoms with Crippen LogP contribution in [0.25, 0.3) is 11.3 Å². The maximum atomic E-state index is 6.19. The molecule has 0 unspecified atom stereocenters. The highest BCUT2D eigenvalue weighted by Gasteiger charge is 2.09. The van der Waals surface area contributed by atoms with Crippen LogP contribution in [0, 0.1) is 0 Å². The summed E-state index contributed by atoms with van der Waals surface area (Å²) in [6.07, 6.45) is 0. The third-order valence-electron chi connectivity index (χ3n) is 3.43. The summed E-state index contributed by atoms with van der Waals surface area (Å²) >= 11 is 18.3. The number of benzene rings is 2. The Labute approximate surface area is 162 Å². The second kappa shape index (κ2) is 8.80. The topological polar surface area (TPSA) is 25.2 Å². The molecule has 0 saturated carbocycles. The summed E-state index contributed by atoms with van der Waals surface area (Å²) in [4.78, 5) is 0. The Balaban J connectivity index is 0.00000208. The molecule has 0 spiro atoms. The largest absolute Gasteiger partial charge is 0.460 e. The average molecular weight is 403 g/mol. The molecule has 0 bridgehead atoms. The molecule has 2 nitrogen and oxygen atoms in total. The summed E-state index contributed by atoms with van der Waals surface area (Å²) in [5.41, 5.74) is 1.84. The van der Waals surface area contributed by atoms with Crippen molar-refractivity contribution in [3.63, 3.8) is 0 Å². The van der Waals surface area contributed by atoms with Gasteiger partial charge >= 0.3 is 0 Å². The smallest absolute Gasteiger partial charge is 0.135 e. The van der Waals surface area contributed by atoms with Crippen molar-refractivity contribution >= 4 is 47.2 Å². The minimum absolute atomic E-state index is 0. The SMILES string of the molecule is Cl.Clc1ccc(Cl)c(-c2ccc(CNCc3ccccc3Cl)o2)c1. The lowest BCUT2D eigenvalue weighted by Gasteiger charge is -2.05. The molecule has 0 atom stereocenters. The van der Waals surface area contributed by atoms with Crippen LogP contribution >= 0.6 is 47.2 Å². The van der Waals surface area contributed by atoms with E-state index in [-0.39, 0.29) is 12.4 Å². The van der Waals surface area contributed by atoms with Crippen LogP contribution < -0.4 is 5.32 Å². The minimum Gasteiger partial charge on any atom is -0.460 e. The normalized spacial score (nSPS) is 10.5. The van der Waals surface area contributed by atoms with Crippen LogP contribution in [-0.4, -0.2) is 0 Å². The van der Waals surface area contributed by atoms with Gasteiger partial charge in [0, 0.05) is 22.2 Å². The molecule has 0 saturated heterocycles. The zero-order chi connectivity index (χ0) is 16.2. The van der Waals surface area contributed by atoms with Crippen LogP contribution in [0.3, 0.4) is 0 Å². The van der Waals surface area contributed by atoms with E-state index in [1.165, 1.54) is 0 Å². The second-order valence-corrected chi connectivity index (χ2v) is 6.34. The van der Waals surface area contributed by atoms with Crippen LogP contribution in [0.2, 0.25) is 15.1 Å². The molecular weight excluding hydrogens is 388 g/mol. The molecule has 1 heterocycles. The summed E-state index contributed by atoms with van der Waals surface area (Å²) in [5.74, 6) is 1.52. The van der Waals surface area contributed by atoms with Crippen molar-refractivity contribution in [3.8, 4) is 11.3 Å². The van der Waals surface area contributed by atoms with Gasteiger partial charge in [0.25, 0.3) is 0 Å². The fraction of sp³-hybridized carbons (Fsp3) is 0.111. The van der Waals surface area contributed by atoms with Crippen molar-refractivity contribution in [2.45, 2.75) is 13.1 Å². The van der Waals surface area contributed by atoms with E-state index >= 15 is 0 Å². The predicted octanol–water partition coefficient (Wildman–Crippen LogP) is 6.62. The minimum atomic E-state index is 0. The number of furan rings is 1. The number of hydrogen-bond donors (Lipinski definition) is 1. The highest BCUT2D eigenvalue weighted by Crippen LogP contribution is 2.31. The Morgan fingerprint density at radius 2 is 1.62 bits per heavy atom. The fourth-order valence-electron chi connectivity index (χ4n) is 2.27. The maximum Gasteiger partial charge on any atom is 0.135 e. The lowest BCUT2D eigenvalue weighted by Crippen LogP contribution is -2.12. The van der Waals surface area contributed by atoms with Crippen LogP contribution in [0.15, 0.2) is 59.0 Å². The average Bonchev–Trinajstić information content (AvgIpc) is 3.00. The number of hydrogen-bond acceptors (Lipinski definition) is 2. The first-order valence-corrected chi connectivity index (χ1v) is 8.25. The van der Waals surface area contributed by atoms with Gasteiger partial charge in [-0.2, -0.15) is 0 Å². The Kier molecular flexibility index (Phi) is 7.02. The van der Waals surface area contributed by atoms with E-state index in [2.05, 4.69) is 5.32 Å². The zero-order valence-corrected chi connectivity index (χ0v) is 15.6. The first-order chi connectivity index (χ1) is 11.1. The van der Waals surface area contributed by atoms with Crippen LogP contribution in [-0.2, 0) is 13.1 Å². The van der Waals surface area contributed by atoms with Gasteiger partial charge in [-0.1, -0.05) is 53.0 Å². The van der Waals surface area contributed by atoms with E-state index in [1.807, 2.05) is 36.4 Å². The van der Waals surface area contributed by atoms with Gasteiger partial charge in [0.1, 0.15) is 11.5 Å². The Morgan fingerprint density at radius 1 is 0.833 bits per heavy atom. The molecule has 0 radical (unpaired) electrons. The highest BCUT2D eigenvalue weighted by atomic mass is 35.5. The molecule has 2 aromatic carbocycles. The summed E-state index contributed by atoms with van der Waals surface area (Å²) in [7, 11) is 0. The van der Waals surface area contributed by atoms with Crippen molar-refractivity contribution in [1.82, 2.24) is 5.32 Å². The number of halogens is 4. The van der Waals surface area contributed by atoms with Gasteiger partial charge in [0.05, 0.1) is 11.6 Å². The Hall–Kier alpha value is -1.16. The summed E-state index contributed by atoms with van der Waals surface area (Å²) in [5, 5.41) is 5.30. The van der Waals surface area contributed by atoms with E-state index in [4.69, 9.17) is 39.2 Å². The van der Waals surface area contributed by atoms with Crippen LogP contribution in [0.4, 0.5) is 0 Å². The molecule has 24 heavy (non-hydrogen) atoms. The molecule has 0 amide bonds. The van der Waals surface area contributed by atoms with Crippen molar-refractivity contribution in [2.24, 2.45) is 0 Å². The molecule has 0 aliphatic rings. The Bertz CT molecular complexity index is 816. The van der Waals surface area contributed by atoms with Crippen LogP contribution in [0.5, 0.6) is 0 Å². The molecule has 0 aliphatic carbocycles. The monoisotopic (exact) mass is 401 g/mol. The first kappa shape index (κ1) is 19.2. The van der Waals surface area contributed by atoms with Gasteiger partial charge in [-0.25, -0.2) is 0 Å². The molecule has 1 N–H and O–H groups in total. The molecule has 126 valence electrons. The zero-order valence-electron chi connectivity index (χ0n) is 12.6. The van der Waals surface area contributed by atoms with E-state index in [9.17, 15) is 0 Å². The van der Waals surface area contributed by atoms with Gasteiger partial charge in [0.15, 0.2) is 0 Å². The van der Waals surface area contributed by atoms with Gasteiger partial charge < -0.3 is 9.73 Å². The lowest BCUT2D eigenvalue weighted by molar-refractivity contribution is 0.493. The van der Waals surface area contributed by atoms with E-state index in [0.29, 0.717) is 28.9 Å². The fourth-order valence-corrected chi connectivity index (χ4v) is 2.85. The van der Waals surface area contributed by atoms with E-state index in [0.717, 1.165) is 21.9 Å². The first-order valence-electron chi connectivity index (χ1n) is 7.12. The van der Waals surface area contributed by atoms with Gasteiger partial charge in [-0.3, -0.25) is 0 Å². The molecule has 3 rings (SSSR count). The maximum absolute atomic E-state index is 6.19. The third-order valence-corrected chi connectivity index (χ3v) is 4.36. The molecule has 3 aromatic rings. The van der Waals surface area contributed by atoms with Crippen LogP contribution in [0.1, 0.15) is 11.3 Å². The number of rotatable bonds is 5. The van der Waals surface area contributed by atoms with Gasteiger partial charge in [-0.05, 0) is 42.0 Å². The second-order valence-electron chi connectivity index (χ2n) is 5.09. The Morgan fingerprint density at radius 3 is 2.42 bits per heavy atom. The standard InChI is InChI=1S/C18H14Cl3NO.ClH/c19-13-5-7-17(21)15(9-13)18-8-6-14(23-18)11-22-10-12-3-1-2-4-16(12)20;/h1-9,22H,10-11H2;1H. The third kappa shape index (κ3) is 4.69. The highest BCUT2D eigenvalue weighted by molar-refractivity contribution is 6.35. The molecule has 0 fully saturated rings. The van der Waals surface area contributed by atoms with E-state index in [1.54, 1.807) is 18.2 Å². The van der Waals surface area contributed by atoms with Crippen molar-refractivity contribution in [3.05, 3.63) is 81.0 Å². The van der Waals surface area contributed by atoms with Gasteiger partial charge in [0.2, 0.25) is 0 Å². The quantitative estimate of drug-likeness (QED) is 0.518. The molecule has 1 aromatic heterocycles. The number of nitrogens with one attached hydrogen (secondary N) is 1. The van der Waals surface area contributed by atoms with E-state index < -0.39 is 0 Å². The lowest BCUT2D eigenvalue weighted by atomic mass is 10.2. The molecule has 6 heteroatoms. The van der Waals surface area contributed by atoms with Gasteiger partial charge in [-0.15, -0.1) is 12.4 Å². The summed E-state index contributed by atoms with van der Waals surface area (Å²) in [6, 6.07) is 16.9. The van der Waals surface area contributed by atoms with Crippen molar-refractivity contribution < 1.29 is 4.42 Å². The van der Waals surface area contributed by atoms with Crippen molar-refractivity contribution in [2.75, 3.05) is 0 Å². The summed E-state index contributed by atoms with van der Waals surface area (Å²) < 4.78 is 5.84. The molecular formula is C18H15Cl4NO. The molecule has 0 aliphatic heterocycles. The summed E-state index contributed by atoms with van der Waals surface area (Å²) in [6.45, 7) is 1.27. The van der Waals surface area contributed by atoms with Crippen molar-refractivity contribution in [1.29, 1.82) is 0 Å².